The number of rotatable bonds is 8. The Morgan fingerprint density at radius 1 is 1.14 bits per heavy atom. The van der Waals surface area contributed by atoms with Crippen LogP contribution in [-0.4, -0.2) is 32.7 Å². The molecule has 120 valence electrons. The predicted molar refractivity (Wildman–Crippen MR) is 96.2 cm³/mol. The van der Waals surface area contributed by atoms with Crippen LogP contribution in [0.5, 0.6) is 5.75 Å². The van der Waals surface area contributed by atoms with Gasteiger partial charge in [0.2, 0.25) is 0 Å². The van der Waals surface area contributed by atoms with Gasteiger partial charge in [-0.2, -0.15) is 0 Å². The summed E-state index contributed by atoms with van der Waals surface area (Å²) in [7, 11) is 1.76. The Morgan fingerprint density at radius 3 is 2.33 bits per heavy atom. The molecule has 0 aliphatic carbocycles. The molecule has 0 aliphatic heterocycles. The van der Waals surface area contributed by atoms with Gasteiger partial charge in [-0.15, -0.1) is 24.0 Å². The monoisotopic (exact) mass is 409 g/mol. The van der Waals surface area contributed by atoms with Crippen molar-refractivity contribution in [3.05, 3.63) is 30.1 Å². The molecule has 0 atom stereocenters. The van der Waals surface area contributed by atoms with Crippen molar-refractivity contribution in [2.24, 2.45) is 4.99 Å². The maximum atomic E-state index is 12.7. The van der Waals surface area contributed by atoms with Crippen LogP contribution >= 0.6 is 24.0 Å². The molecule has 0 saturated carbocycles. The van der Waals surface area contributed by atoms with Crippen molar-refractivity contribution < 1.29 is 9.13 Å². The van der Waals surface area contributed by atoms with E-state index in [9.17, 15) is 4.39 Å². The molecule has 0 aliphatic rings. The first-order valence-corrected chi connectivity index (χ1v) is 7.09. The van der Waals surface area contributed by atoms with E-state index < -0.39 is 0 Å². The van der Waals surface area contributed by atoms with Gasteiger partial charge in [-0.25, -0.2) is 4.39 Å². The van der Waals surface area contributed by atoms with E-state index in [0.717, 1.165) is 38.3 Å². The number of hydrogen-bond acceptors (Lipinski definition) is 2. The average Bonchev–Trinajstić information content (AvgIpc) is 2.47. The Kier molecular flexibility index (Phi) is 12.0. The SMILES string of the molecule is CCCCNC(=NC)NCCCOc1ccc(F)cc1.I. The Morgan fingerprint density at radius 2 is 1.76 bits per heavy atom. The molecule has 1 aromatic rings. The first-order chi connectivity index (χ1) is 9.76. The normalized spacial score (nSPS) is 10.7. The lowest BCUT2D eigenvalue weighted by atomic mass is 10.3. The average molecular weight is 409 g/mol. The Balaban J connectivity index is 0.00000400. The number of halogens is 2. The first kappa shape index (κ1) is 19.9. The molecule has 0 saturated heterocycles. The van der Waals surface area contributed by atoms with Crippen LogP contribution in [0, 0.1) is 5.82 Å². The van der Waals surface area contributed by atoms with Crippen molar-refractivity contribution in [1.82, 2.24) is 10.6 Å². The summed E-state index contributed by atoms with van der Waals surface area (Å²) < 4.78 is 18.2. The van der Waals surface area contributed by atoms with Gasteiger partial charge in [-0.05, 0) is 37.1 Å². The smallest absolute Gasteiger partial charge is 0.190 e. The third-order valence-corrected chi connectivity index (χ3v) is 2.74. The summed E-state index contributed by atoms with van der Waals surface area (Å²) in [5, 5.41) is 6.46. The lowest BCUT2D eigenvalue weighted by molar-refractivity contribution is 0.310. The van der Waals surface area contributed by atoms with Gasteiger partial charge in [0.05, 0.1) is 6.61 Å². The summed E-state index contributed by atoms with van der Waals surface area (Å²) in [5.41, 5.74) is 0. The van der Waals surface area contributed by atoms with Gasteiger partial charge < -0.3 is 15.4 Å². The summed E-state index contributed by atoms with van der Waals surface area (Å²) in [4.78, 5) is 4.14. The molecule has 0 unspecified atom stereocenters. The van der Waals surface area contributed by atoms with Gasteiger partial charge in [0, 0.05) is 20.1 Å². The molecule has 0 aromatic heterocycles. The molecule has 4 nitrogen and oxygen atoms in total. The Hall–Kier alpha value is -1.05. The van der Waals surface area contributed by atoms with E-state index in [1.54, 1.807) is 19.2 Å². The van der Waals surface area contributed by atoms with E-state index in [1.807, 2.05) is 0 Å². The van der Waals surface area contributed by atoms with E-state index in [-0.39, 0.29) is 29.8 Å². The van der Waals surface area contributed by atoms with Gasteiger partial charge in [0.1, 0.15) is 11.6 Å². The number of hydrogen-bond donors (Lipinski definition) is 2. The van der Waals surface area contributed by atoms with E-state index >= 15 is 0 Å². The van der Waals surface area contributed by atoms with Crippen molar-refractivity contribution in [1.29, 1.82) is 0 Å². The van der Waals surface area contributed by atoms with Crippen LogP contribution in [-0.2, 0) is 0 Å². The van der Waals surface area contributed by atoms with Crippen LogP contribution in [0.25, 0.3) is 0 Å². The zero-order valence-corrected chi connectivity index (χ0v) is 15.0. The summed E-state index contributed by atoms with van der Waals surface area (Å²) >= 11 is 0. The summed E-state index contributed by atoms with van der Waals surface area (Å²) in [5.74, 6) is 1.26. The Labute approximate surface area is 143 Å². The minimum atomic E-state index is -0.249. The molecule has 1 rings (SSSR count). The minimum absolute atomic E-state index is 0. The summed E-state index contributed by atoms with van der Waals surface area (Å²) in [6, 6.07) is 6.06. The quantitative estimate of drug-likeness (QED) is 0.300. The van der Waals surface area contributed by atoms with Gasteiger partial charge in [-0.1, -0.05) is 13.3 Å². The fourth-order valence-electron chi connectivity index (χ4n) is 1.60. The highest BCUT2D eigenvalue weighted by Crippen LogP contribution is 2.10. The van der Waals surface area contributed by atoms with Gasteiger partial charge >= 0.3 is 0 Å². The topological polar surface area (TPSA) is 45.7 Å². The van der Waals surface area contributed by atoms with Crippen molar-refractivity contribution in [3.8, 4) is 5.75 Å². The lowest BCUT2D eigenvalue weighted by Crippen LogP contribution is -2.38. The second-order valence-electron chi connectivity index (χ2n) is 4.44. The molecule has 0 amide bonds. The van der Waals surface area contributed by atoms with Crippen molar-refractivity contribution in [2.75, 3.05) is 26.7 Å². The fraction of sp³-hybridized carbons (Fsp3) is 0.533. The third-order valence-electron chi connectivity index (χ3n) is 2.74. The highest BCUT2D eigenvalue weighted by Gasteiger charge is 1.97. The first-order valence-electron chi connectivity index (χ1n) is 7.09. The number of unbranched alkanes of at least 4 members (excludes halogenated alkanes) is 1. The van der Waals surface area contributed by atoms with Gasteiger partial charge in [0.25, 0.3) is 0 Å². The number of benzene rings is 1. The van der Waals surface area contributed by atoms with Crippen LogP contribution in [0.3, 0.4) is 0 Å². The molecule has 2 N–H and O–H groups in total. The molecule has 0 fully saturated rings. The number of nitrogens with zero attached hydrogens (tertiary/aromatic N) is 1. The molecule has 0 heterocycles. The maximum Gasteiger partial charge on any atom is 0.190 e. The maximum absolute atomic E-state index is 12.7. The Bertz CT molecular complexity index is 398. The van der Waals surface area contributed by atoms with Gasteiger partial charge in [0.15, 0.2) is 5.96 Å². The van der Waals surface area contributed by atoms with Crippen LogP contribution in [0.2, 0.25) is 0 Å². The number of nitrogens with one attached hydrogen (secondary N) is 2. The highest BCUT2D eigenvalue weighted by molar-refractivity contribution is 14.0. The fourth-order valence-corrected chi connectivity index (χ4v) is 1.60. The van der Waals surface area contributed by atoms with E-state index in [2.05, 4.69) is 22.5 Å². The molecule has 0 radical (unpaired) electrons. The summed E-state index contributed by atoms with van der Waals surface area (Å²) in [6.45, 7) is 4.46. The minimum Gasteiger partial charge on any atom is -0.494 e. The van der Waals surface area contributed by atoms with Crippen LogP contribution in [0.15, 0.2) is 29.3 Å². The number of aliphatic imine (C=N–C) groups is 1. The second kappa shape index (κ2) is 12.7. The zero-order chi connectivity index (χ0) is 14.6. The molecular weight excluding hydrogens is 384 g/mol. The van der Waals surface area contributed by atoms with Crippen LogP contribution in [0.4, 0.5) is 4.39 Å². The predicted octanol–water partition coefficient (Wildman–Crippen LogP) is 3.18. The largest absolute Gasteiger partial charge is 0.494 e. The summed E-state index contributed by atoms with van der Waals surface area (Å²) in [6.07, 6.45) is 3.15. The van der Waals surface area contributed by atoms with Gasteiger partial charge in [-0.3, -0.25) is 4.99 Å². The van der Waals surface area contributed by atoms with Crippen LogP contribution < -0.4 is 15.4 Å². The molecule has 21 heavy (non-hydrogen) atoms. The highest BCUT2D eigenvalue weighted by atomic mass is 127. The molecule has 6 heteroatoms. The van der Waals surface area contributed by atoms with Crippen molar-refractivity contribution >= 4 is 29.9 Å². The molecule has 0 bridgehead atoms. The van der Waals surface area contributed by atoms with E-state index in [0.29, 0.717) is 12.4 Å². The number of guanidine groups is 1. The van der Waals surface area contributed by atoms with E-state index in [4.69, 9.17) is 4.74 Å². The molecular formula is C15H25FIN3O. The van der Waals surface area contributed by atoms with Crippen molar-refractivity contribution in [2.45, 2.75) is 26.2 Å². The standard InChI is InChI=1S/C15H24FN3O.HI/c1-3-4-10-18-15(17-2)19-11-5-12-20-14-8-6-13(16)7-9-14;/h6-9H,3-5,10-12H2,1-2H3,(H2,17,18,19);1H. The third kappa shape index (κ3) is 9.49. The molecule has 0 spiro atoms. The van der Waals surface area contributed by atoms with E-state index in [1.165, 1.54) is 12.1 Å². The molecule has 1 aromatic carbocycles. The lowest BCUT2D eigenvalue weighted by Gasteiger charge is -2.11. The zero-order valence-electron chi connectivity index (χ0n) is 12.7. The van der Waals surface area contributed by atoms with Crippen molar-refractivity contribution in [3.63, 3.8) is 0 Å². The van der Waals surface area contributed by atoms with Crippen LogP contribution in [0.1, 0.15) is 26.2 Å². The second-order valence-corrected chi connectivity index (χ2v) is 4.44. The number of ether oxygens (including phenoxy) is 1.